The Bertz CT molecular complexity index is 957. The van der Waals surface area contributed by atoms with Crippen molar-refractivity contribution < 1.29 is 23.9 Å². The number of methoxy groups -OCH3 is 2. The number of thioether (sulfide) groups is 1. The van der Waals surface area contributed by atoms with Gasteiger partial charge in [-0.05, 0) is 30.2 Å². The van der Waals surface area contributed by atoms with Crippen LogP contribution in [0.25, 0.3) is 0 Å². The van der Waals surface area contributed by atoms with Crippen LogP contribution in [0.15, 0.2) is 33.4 Å². The molecule has 156 valence electrons. The van der Waals surface area contributed by atoms with Gasteiger partial charge in [-0.1, -0.05) is 45.4 Å². The summed E-state index contributed by atoms with van der Waals surface area (Å²) in [5, 5.41) is 1.96. The van der Waals surface area contributed by atoms with Crippen molar-refractivity contribution in [3.05, 3.63) is 44.5 Å². The molecule has 0 aliphatic carbocycles. The van der Waals surface area contributed by atoms with Gasteiger partial charge in [-0.3, -0.25) is 20.2 Å². The fraction of sp³-hybridized carbons (Fsp3) is 0.389. The molecule has 2 heterocycles. The Morgan fingerprint density at radius 2 is 2.03 bits per heavy atom. The Balaban J connectivity index is 2.35. The molecule has 2 amide bonds. The van der Waals surface area contributed by atoms with Gasteiger partial charge in [0.1, 0.15) is 11.1 Å². The Morgan fingerprint density at radius 1 is 1.38 bits per heavy atom. The van der Waals surface area contributed by atoms with E-state index in [2.05, 4.69) is 21.2 Å². The van der Waals surface area contributed by atoms with Crippen molar-refractivity contribution in [2.24, 2.45) is 5.73 Å². The highest BCUT2D eigenvalue weighted by Gasteiger charge is 2.68. The average Bonchev–Trinajstić information content (AvgIpc) is 2.69. The Labute approximate surface area is 185 Å². The van der Waals surface area contributed by atoms with E-state index in [0.29, 0.717) is 5.56 Å². The van der Waals surface area contributed by atoms with Crippen LogP contribution in [0, 0.1) is 6.92 Å². The molecule has 2 unspecified atom stereocenters. The lowest BCUT2D eigenvalue weighted by molar-refractivity contribution is -0.183. The Kier molecular flexibility index (Phi) is 5.78. The number of hydrogen-bond donors (Lipinski definition) is 2. The number of halogens is 2. The van der Waals surface area contributed by atoms with Crippen molar-refractivity contribution in [2.45, 2.75) is 29.8 Å². The third-order valence-electron chi connectivity index (χ3n) is 4.85. The minimum atomic E-state index is -1.69. The molecule has 0 aromatic heterocycles. The van der Waals surface area contributed by atoms with Crippen molar-refractivity contribution >= 4 is 57.1 Å². The molecule has 11 heteroatoms. The SMILES string of the molecule is COC(=O)C1=C(Cl)C(NC(C)=O)(c2cc(Br)ccc2C)S[C@H]2N1C(=O)C2(N)OC. The number of ether oxygens (including phenoxy) is 2. The summed E-state index contributed by atoms with van der Waals surface area (Å²) in [5.74, 6) is -1.84. The predicted octanol–water partition coefficient (Wildman–Crippen LogP) is 1.89. The number of nitrogens with zero attached hydrogens (tertiary/aromatic N) is 1. The molecule has 1 saturated heterocycles. The predicted molar refractivity (Wildman–Crippen MR) is 111 cm³/mol. The van der Waals surface area contributed by atoms with Crippen molar-refractivity contribution in [2.75, 3.05) is 14.2 Å². The molecule has 1 aromatic carbocycles. The third kappa shape index (κ3) is 3.17. The molecule has 1 fully saturated rings. The molecule has 3 rings (SSSR count). The smallest absolute Gasteiger partial charge is 0.356 e. The average molecular weight is 505 g/mol. The minimum absolute atomic E-state index is 0.0616. The highest BCUT2D eigenvalue weighted by molar-refractivity contribution is 9.10. The molecule has 1 aromatic rings. The number of nitrogens with one attached hydrogen (secondary N) is 1. The van der Waals surface area contributed by atoms with Gasteiger partial charge in [0.25, 0.3) is 5.91 Å². The summed E-state index contributed by atoms with van der Waals surface area (Å²) in [6, 6.07) is 5.47. The van der Waals surface area contributed by atoms with E-state index in [0.717, 1.165) is 26.7 Å². The van der Waals surface area contributed by atoms with Crippen LogP contribution < -0.4 is 11.1 Å². The van der Waals surface area contributed by atoms with E-state index in [9.17, 15) is 14.4 Å². The van der Waals surface area contributed by atoms with Gasteiger partial charge < -0.3 is 14.8 Å². The molecule has 29 heavy (non-hydrogen) atoms. The standard InChI is InChI=1S/C18H19BrClN3O5S/c1-8-5-6-10(19)7-11(8)18(22-9(2)24)13(20)12(14(25)27-3)23-15(26)17(21,28-4)16(23)29-18/h5-7,16H,21H2,1-4H3,(H,22,24)/t16-,17?,18?/m1/s1. The molecule has 2 aliphatic heterocycles. The molecular formula is C18H19BrClN3O5S. The van der Waals surface area contributed by atoms with E-state index in [1.165, 1.54) is 21.1 Å². The van der Waals surface area contributed by atoms with Gasteiger partial charge in [-0.25, -0.2) is 4.79 Å². The fourth-order valence-electron chi connectivity index (χ4n) is 3.40. The summed E-state index contributed by atoms with van der Waals surface area (Å²) in [6.07, 6.45) is 0. The zero-order valence-corrected chi connectivity index (χ0v) is 19.2. The zero-order chi connectivity index (χ0) is 21.7. The van der Waals surface area contributed by atoms with Gasteiger partial charge >= 0.3 is 5.97 Å². The van der Waals surface area contributed by atoms with Crippen LogP contribution in [0.5, 0.6) is 0 Å². The number of amides is 2. The molecule has 3 atom stereocenters. The van der Waals surface area contributed by atoms with Gasteiger partial charge in [0, 0.05) is 18.5 Å². The second kappa shape index (κ2) is 7.59. The number of rotatable bonds is 4. The molecule has 0 saturated carbocycles. The summed E-state index contributed by atoms with van der Waals surface area (Å²) in [7, 11) is 2.48. The number of esters is 1. The van der Waals surface area contributed by atoms with Crippen LogP contribution in [-0.4, -0.2) is 48.0 Å². The fourth-order valence-corrected chi connectivity index (χ4v) is 5.98. The highest BCUT2D eigenvalue weighted by atomic mass is 79.9. The molecular weight excluding hydrogens is 486 g/mol. The van der Waals surface area contributed by atoms with Crippen LogP contribution in [0.4, 0.5) is 0 Å². The summed E-state index contributed by atoms with van der Waals surface area (Å²) in [4.78, 5) is 37.2. The number of benzene rings is 1. The second-order valence-corrected chi connectivity index (χ2v) is 9.21. The molecule has 2 aliphatic rings. The van der Waals surface area contributed by atoms with Gasteiger partial charge in [-0.15, -0.1) is 0 Å². The first-order valence-electron chi connectivity index (χ1n) is 8.43. The zero-order valence-electron chi connectivity index (χ0n) is 16.0. The lowest BCUT2D eigenvalue weighted by Gasteiger charge is -2.57. The van der Waals surface area contributed by atoms with Crippen molar-refractivity contribution in [3.63, 3.8) is 0 Å². The summed E-state index contributed by atoms with van der Waals surface area (Å²) < 4.78 is 10.9. The largest absolute Gasteiger partial charge is 0.464 e. The van der Waals surface area contributed by atoms with Crippen LogP contribution >= 0.6 is 39.3 Å². The van der Waals surface area contributed by atoms with Gasteiger partial charge in [-0.2, -0.15) is 0 Å². The number of nitrogens with two attached hydrogens (primary N) is 1. The molecule has 3 N–H and O–H groups in total. The Morgan fingerprint density at radius 3 is 2.59 bits per heavy atom. The summed E-state index contributed by atoms with van der Waals surface area (Å²) >= 11 is 11.3. The third-order valence-corrected chi connectivity index (χ3v) is 7.58. The summed E-state index contributed by atoms with van der Waals surface area (Å²) in [6.45, 7) is 3.18. The first kappa shape index (κ1) is 22.1. The van der Waals surface area contributed by atoms with Crippen LogP contribution in [0.3, 0.4) is 0 Å². The number of carbonyl (C=O) groups is 3. The molecule has 0 bridgehead atoms. The van der Waals surface area contributed by atoms with E-state index < -0.39 is 33.8 Å². The number of carbonyl (C=O) groups excluding carboxylic acids is 3. The van der Waals surface area contributed by atoms with Crippen LogP contribution in [0.2, 0.25) is 0 Å². The monoisotopic (exact) mass is 503 g/mol. The van der Waals surface area contributed by atoms with E-state index in [1.54, 1.807) is 6.07 Å². The van der Waals surface area contributed by atoms with Crippen molar-refractivity contribution in [1.82, 2.24) is 10.2 Å². The van der Waals surface area contributed by atoms with Gasteiger partial charge in [0.15, 0.2) is 4.87 Å². The van der Waals surface area contributed by atoms with Crippen LogP contribution in [-0.2, 0) is 28.7 Å². The van der Waals surface area contributed by atoms with E-state index in [4.69, 9.17) is 26.8 Å². The van der Waals surface area contributed by atoms with Gasteiger partial charge in [0.05, 0.1) is 12.1 Å². The first-order chi connectivity index (χ1) is 13.5. The maximum absolute atomic E-state index is 12.7. The minimum Gasteiger partial charge on any atom is -0.464 e. The van der Waals surface area contributed by atoms with Gasteiger partial charge in [0.2, 0.25) is 11.6 Å². The van der Waals surface area contributed by atoms with Crippen LogP contribution in [0.1, 0.15) is 18.1 Å². The highest BCUT2D eigenvalue weighted by Crippen LogP contribution is 2.58. The van der Waals surface area contributed by atoms with Crippen molar-refractivity contribution in [3.8, 4) is 0 Å². The number of aryl methyl sites for hydroxylation is 1. The van der Waals surface area contributed by atoms with E-state index >= 15 is 0 Å². The number of fused-ring (bicyclic) bond motifs is 1. The quantitative estimate of drug-likeness (QED) is 0.366. The molecule has 0 spiro atoms. The number of hydrogen-bond acceptors (Lipinski definition) is 7. The number of β-lactam (4-membered cyclic amide) rings is 1. The topological polar surface area (TPSA) is 111 Å². The second-order valence-electron chi connectivity index (χ2n) is 6.62. The Hall–Kier alpha value is -1.59. The first-order valence-corrected chi connectivity index (χ1v) is 10.5. The van der Waals surface area contributed by atoms with E-state index in [1.807, 2.05) is 19.1 Å². The normalized spacial score (nSPS) is 28.6. The van der Waals surface area contributed by atoms with E-state index in [-0.39, 0.29) is 10.7 Å². The maximum atomic E-state index is 12.7. The lowest BCUT2D eigenvalue weighted by Crippen LogP contribution is -2.80. The van der Waals surface area contributed by atoms with Crippen molar-refractivity contribution in [1.29, 1.82) is 0 Å². The molecule has 0 radical (unpaired) electrons. The summed E-state index contributed by atoms with van der Waals surface area (Å²) in [5.41, 5.74) is 5.72. The lowest BCUT2D eigenvalue weighted by atomic mass is 9.95. The maximum Gasteiger partial charge on any atom is 0.356 e. The molecule has 8 nitrogen and oxygen atoms in total.